The molecule has 1 aliphatic rings. The number of aryl methyl sites for hydroxylation is 1. The molecule has 100 valence electrons. The third kappa shape index (κ3) is 2.71. The lowest BCUT2D eigenvalue weighted by atomic mass is 9.78. The number of rotatable bonds is 4. The molecule has 0 atom stereocenters. The molecular weight excluding hydrogens is 255 g/mol. The van der Waals surface area contributed by atoms with E-state index in [1.165, 1.54) is 12.1 Å². The summed E-state index contributed by atoms with van der Waals surface area (Å²) in [6.07, 6.45) is 2.66. The number of sulfonamides is 1. The van der Waals surface area contributed by atoms with E-state index in [4.69, 9.17) is 5.73 Å². The highest BCUT2D eigenvalue weighted by Crippen LogP contribution is 2.28. The van der Waals surface area contributed by atoms with Crippen molar-refractivity contribution in [2.24, 2.45) is 5.73 Å². The lowest BCUT2D eigenvalue weighted by molar-refractivity contribution is 0.251. The lowest BCUT2D eigenvalue weighted by Crippen LogP contribution is -2.54. The topological polar surface area (TPSA) is 72.2 Å². The predicted octanol–water partition coefficient (Wildman–Crippen LogP) is 1.29. The van der Waals surface area contributed by atoms with Crippen LogP contribution in [0.2, 0.25) is 0 Å². The van der Waals surface area contributed by atoms with E-state index in [1.807, 2.05) is 0 Å². The van der Waals surface area contributed by atoms with E-state index in [2.05, 4.69) is 4.72 Å². The van der Waals surface area contributed by atoms with E-state index in [1.54, 1.807) is 6.92 Å². The van der Waals surface area contributed by atoms with Gasteiger partial charge in [-0.05, 0) is 43.9 Å². The van der Waals surface area contributed by atoms with Crippen molar-refractivity contribution >= 4 is 10.0 Å². The average Bonchev–Trinajstić information content (AvgIpc) is 2.27. The van der Waals surface area contributed by atoms with E-state index in [0.29, 0.717) is 5.56 Å². The average molecular weight is 272 g/mol. The fourth-order valence-corrected chi connectivity index (χ4v) is 3.02. The Kier molecular flexibility index (Phi) is 3.44. The number of hydrogen-bond acceptors (Lipinski definition) is 3. The van der Waals surface area contributed by atoms with E-state index in [9.17, 15) is 12.8 Å². The molecule has 6 heteroatoms. The zero-order valence-corrected chi connectivity index (χ0v) is 11.1. The Labute approximate surface area is 106 Å². The zero-order chi connectivity index (χ0) is 13.4. The quantitative estimate of drug-likeness (QED) is 0.867. The first kappa shape index (κ1) is 13.5. The van der Waals surface area contributed by atoms with Gasteiger partial charge in [0, 0.05) is 12.1 Å². The number of benzene rings is 1. The maximum absolute atomic E-state index is 13.3. The van der Waals surface area contributed by atoms with Crippen molar-refractivity contribution in [2.45, 2.75) is 36.6 Å². The minimum atomic E-state index is -3.68. The van der Waals surface area contributed by atoms with Crippen LogP contribution < -0.4 is 10.5 Å². The summed E-state index contributed by atoms with van der Waals surface area (Å²) in [6.45, 7) is 1.78. The fraction of sp³-hybridized carbons (Fsp3) is 0.500. The Morgan fingerprint density at radius 3 is 2.61 bits per heavy atom. The molecule has 1 fully saturated rings. The molecule has 0 aliphatic heterocycles. The second kappa shape index (κ2) is 4.60. The van der Waals surface area contributed by atoms with Gasteiger partial charge in [-0.1, -0.05) is 6.07 Å². The van der Waals surface area contributed by atoms with Gasteiger partial charge < -0.3 is 5.73 Å². The van der Waals surface area contributed by atoms with Crippen LogP contribution in [0.15, 0.2) is 23.1 Å². The van der Waals surface area contributed by atoms with Gasteiger partial charge in [-0.3, -0.25) is 0 Å². The number of halogens is 1. The first-order valence-electron chi connectivity index (χ1n) is 5.87. The van der Waals surface area contributed by atoms with Gasteiger partial charge in [-0.15, -0.1) is 0 Å². The fourth-order valence-electron chi connectivity index (χ4n) is 1.87. The highest BCUT2D eigenvalue weighted by Gasteiger charge is 2.33. The van der Waals surface area contributed by atoms with Crippen molar-refractivity contribution in [1.82, 2.24) is 4.72 Å². The number of nitrogens with two attached hydrogens (primary N) is 1. The van der Waals surface area contributed by atoms with Gasteiger partial charge in [0.15, 0.2) is 0 Å². The molecule has 0 bridgehead atoms. The molecule has 1 saturated carbocycles. The van der Waals surface area contributed by atoms with Crippen molar-refractivity contribution in [3.8, 4) is 0 Å². The summed E-state index contributed by atoms with van der Waals surface area (Å²) < 4.78 is 39.7. The van der Waals surface area contributed by atoms with Crippen molar-refractivity contribution < 1.29 is 12.8 Å². The summed E-state index contributed by atoms with van der Waals surface area (Å²) in [5.41, 5.74) is 5.93. The highest BCUT2D eigenvalue weighted by molar-refractivity contribution is 7.89. The molecular formula is C12H17FN2O2S. The maximum Gasteiger partial charge on any atom is 0.240 e. The second-order valence-corrected chi connectivity index (χ2v) is 6.72. The molecule has 4 nitrogen and oxygen atoms in total. The van der Waals surface area contributed by atoms with Crippen molar-refractivity contribution in [3.05, 3.63) is 29.6 Å². The van der Waals surface area contributed by atoms with Crippen LogP contribution in [0.25, 0.3) is 0 Å². The SMILES string of the molecule is Cc1ccc(S(=O)(=O)NCC2(N)CCC2)cc1F. The summed E-state index contributed by atoms with van der Waals surface area (Å²) >= 11 is 0. The molecule has 1 aliphatic carbocycles. The van der Waals surface area contributed by atoms with Crippen LogP contribution in [0.3, 0.4) is 0 Å². The molecule has 0 heterocycles. The summed E-state index contributed by atoms with van der Waals surface area (Å²) in [6, 6.07) is 3.87. The van der Waals surface area contributed by atoms with Crippen LogP contribution in [0.5, 0.6) is 0 Å². The molecule has 0 aromatic heterocycles. The van der Waals surface area contributed by atoms with Crippen molar-refractivity contribution in [1.29, 1.82) is 0 Å². The number of nitrogens with one attached hydrogen (secondary N) is 1. The molecule has 0 radical (unpaired) electrons. The van der Waals surface area contributed by atoms with Crippen LogP contribution in [0.4, 0.5) is 4.39 Å². The van der Waals surface area contributed by atoms with Crippen LogP contribution in [0.1, 0.15) is 24.8 Å². The van der Waals surface area contributed by atoms with E-state index < -0.39 is 21.4 Å². The Morgan fingerprint density at radius 2 is 2.11 bits per heavy atom. The first-order chi connectivity index (χ1) is 8.32. The first-order valence-corrected chi connectivity index (χ1v) is 7.35. The minimum Gasteiger partial charge on any atom is -0.324 e. The monoisotopic (exact) mass is 272 g/mol. The maximum atomic E-state index is 13.3. The third-order valence-corrected chi connectivity index (χ3v) is 4.82. The highest BCUT2D eigenvalue weighted by atomic mass is 32.2. The second-order valence-electron chi connectivity index (χ2n) is 4.95. The van der Waals surface area contributed by atoms with Crippen molar-refractivity contribution in [3.63, 3.8) is 0 Å². The van der Waals surface area contributed by atoms with Gasteiger partial charge in [0.2, 0.25) is 10.0 Å². The molecule has 2 rings (SSSR count). The number of hydrogen-bond donors (Lipinski definition) is 2. The van der Waals surface area contributed by atoms with Crippen molar-refractivity contribution in [2.75, 3.05) is 6.54 Å². The van der Waals surface area contributed by atoms with Gasteiger partial charge >= 0.3 is 0 Å². The van der Waals surface area contributed by atoms with Crippen LogP contribution in [-0.4, -0.2) is 20.5 Å². The van der Waals surface area contributed by atoms with E-state index in [-0.39, 0.29) is 11.4 Å². The van der Waals surface area contributed by atoms with Gasteiger partial charge in [0.1, 0.15) is 5.82 Å². The summed E-state index contributed by atoms with van der Waals surface area (Å²) in [7, 11) is -3.68. The Bertz CT molecular complexity index is 553. The predicted molar refractivity (Wildman–Crippen MR) is 67.1 cm³/mol. The molecule has 0 unspecified atom stereocenters. The molecule has 0 spiro atoms. The molecule has 0 amide bonds. The minimum absolute atomic E-state index is 0.0616. The van der Waals surface area contributed by atoms with Gasteiger partial charge in [0.25, 0.3) is 0 Å². The Balaban J connectivity index is 2.12. The molecule has 18 heavy (non-hydrogen) atoms. The molecule has 3 N–H and O–H groups in total. The van der Waals surface area contributed by atoms with E-state index >= 15 is 0 Å². The third-order valence-electron chi connectivity index (χ3n) is 3.42. The zero-order valence-electron chi connectivity index (χ0n) is 10.2. The van der Waals surface area contributed by atoms with Gasteiger partial charge in [-0.2, -0.15) is 0 Å². The van der Waals surface area contributed by atoms with Crippen LogP contribution in [0, 0.1) is 12.7 Å². The summed E-state index contributed by atoms with van der Waals surface area (Å²) in [5, 5.41) is 0. The smallest absolute Gasteiger partial charge is 0.240 e. The van der Waals surface area contributed by atoms with E-state index in [0.717, 1.165) is 25.3 Å². The van der Waals surface area contributed by atoms with Crippen LogP contribution in [-0.2, 0) is 10.0 Å². The molecule has 1 aromatic carbocycles. The Hall–Kier alpha value is -0.980. The normalized spacial score (nSPS) is 18.4. The standard InChI is InChI=1S/C12H17FN2O2S/c1-9-3-4-10(7-11(9)13)18(16,17)15-8-12(14)5-2-6-12/h3-4,7,15H,2,5-6,8,14H2,1H3. The molecule has 1 aromatic rings. The van der Waals surface area contributed by atoms with Gasteiger partial charge in [-0.25, -0.2) is 17.5 Å². The molecule has 0 saturated heterocycles. The lowest BCUT2D eigenvalue weighted by Gasteiger charge is -2.38. The largest absolute Gasteiger partial charge is 0.324 e. The summed E-state index contributed by atoms with van der Waals surface area (Å²) in [5.74, 6) is -0.524. The summed E-state index contributed by atoms with van der Waals surface area (Å²) in [4.78, 5) is -0.0616. The van der Waals surface area contributed by atoms with Crippen LogP contribution >= 0.6 is 0 Å². The Morgan fingerprint density at radius 1 is 1.44 bits per heavy atom. The van der Waals surface area contributed by atoms with Gasteiger partial charge in [0.05, 0.1) is 4.90 Å².